The molecule has 1 aliphatic heterocycles. The fourth-order valence-corrected chi connectivity index (χ4v) is 2.57. The molecule has 6 nitrogen and oxygen atoms in total. The number of anilines is 1. The Balaban J connectivity index is 1.58. The van der Waals surface area contributed by atoms with Crippen molar-refractivity contribution in [1.29, 1.82) is 0 Å². The van der Waals surface area contributed by atoms with Crippen LogP contribution < -0.4 is 14.8 Å². The monoisotopic (exact) mass is 360 g/mol. The standard InChI is InChI=1S/C18H17ClN2O4/c1-21(7-8-24-14-4-2-3-13(19)10-14)18(23)12-5-6-15-16(9-12)25-11-17(22)20-15/h2-6,9-10H,7-8,11H2,1H3,(H,20,22). The van der Waals surface area contributed by atoms with Crippen LogP contribution in [-0.2, 0) is 4.79 Å². The summed E-state index contributed by atoms with van der Waals surface area (Å²) in [6, 6.07) is 12.1. The van der Waals surface area contributed by atoms with Crippen molar-refractivity contribution in [3.05, 3.63) is 53.1 Å². The number of carbonyl (C=O) groups excluding carboxylic acids is 2. The molecule has 0 saturated heterocycles. The second-order valence-corrected chi connectivity index (χ2v) is 6.02. The molecule has 0 radical (unpaired) electrons. The van der Waals surface area contributed by atoms with Crippen LogP contribution in [0.15, 0.2) is 42.5 Å². The fraction of sp³-hybridized carbons (Fsp3) is 0.222. The first-order chi connectivity index (χ1) is 12.0. The Morgan fingerprint density at radius 3 is 2.96 bits per heavy atom. The molecule has 130 valence electrons. The molecule has 2 aromatic rings. The molecule has 1 N–H and O–H groups in total. The lowest BCUT2D eigenvalue weighted by Crippen LogP contribution is -2.31. The van der Waals surface area contributed by atoms with Crippen molar-refractivity contribution < 1.29 is 19.1 Å². The van der Waals surface area contributed by atoms with Crippen molar-refractivity contribution in [2.24, 2.45) is 0 Å². The molecule has 0 fully saturated rings. The van der Waals surface area contributed by atoms with Crippen LogP contribution in [0.3, 0.4) is 0 Å². The van der Waals surface area contributed by atoms with E-state index in [-0.39, 0.29) is 18.4 Å². The summed E-state index contributed by atoms with van der Waals surface area (Å²) in [5, 5.41) is 3.29. The number of amides is 2. The highest BCUT2D eigenvalue weighted by Gasteiger charge is 2.19. The van der Waals surface area contributed by atoms with E-state index in [2.05, 4.69) is 5.32 Å². The van der Waals surface area contributed by atoms with Gasteiger partial charge in [-0.1, -0.05) is 17.7 Å². The number of likely N-dealkylation sites (N-methyl/N-ethyl adjacent to an activating group) is 1. The third kappa shape index (κ3) is 4.22. The largest absolute Gasteiger partial charge is 0.492 e. The maximum absolute atomic E-state index is 12.5. The number of nitrogens with zero attached hydrogens (tertiary/aromatic N) is 1. The molecular weight excluding hydrogens is 344 g/mol. The normalized spacial score (nSPS) is 12.6. The molecule has 1 aliphatic rings. The molecule has 25 heavy (non-hydrogen) atoms. The van der Waals surface area contributed by atoms with Crippen molar-refractivity contribution in [2.45, 2.75) is 0 Å². The van der Waals surface area contributed by atoms with Gasteiger partial charge in [-0.25, -0.2) is 0 Å². The van der Waals surface area contributed by atoms with Gasteiger partial charge in [0.15, 0.2) is 6.61 Å². The van der Waals surface area contributed by atoms with E-state index in [1.165, 1.54) is 0 Å². The maximum Gasteiger partial charge on any atom is 0.262 e. The van der Waals surface area contributed by atoms with Crippen LogP contribution in [0.25, 0.3) is 0 Å². The van der Waals surface area contributed by atoms with E-state index in [4.69, 9.17) is 21.1 Å². The van der Waals surface area contributed by atoms with Crippen LogP contribution in [0.5, 0.6) is 11.5 Å². The fourth-order valence-electron chi connectivity index (χ4n) is 2.39. The molecular formula is C18H17ClN2O4. The summed E-state index contributed by atoms with van der Waals surface area (Å²) in [7, 11) is 1.70. The first kappa shape index (κ1) is 17.1. The van der Waals surface area contributed by atoms with Crippen LogP contribution in [0, 0.1) is 0 Å². The highest BCUT2D eigenvalue weighted by atomic mass is 35.5. The van der Waals surface area contributed by atoms with Crippen molar-refractivity contribution in [3.63, 3.8) is 0 Å². The quantitative estimate of drug-likeness (QED) is 0.890. The first-order valence-electron chi connectivity index (χ1n) is 7.73. The Morgan fingerprint density at radius 1 is 1.32 bits per heavy atom. The highest BCUT2D eigenvalue weighted by molar-refractivity contribution is 6.30. The molecule has 0 spiro atoms. The van der Waals surface area contributed by atoms with Gasteiger partial charge in [0.1, 0.15) is 18.1 Å². The lowest BCUT2D eigenvalue weighted by molar-refractivity contribution is -0.118. The van der Waals surface area contributed by atoms with Crippen LogP contribution in [-0.4, -0.2) is 43.5 Å². The first-order valence-corrected chi connectivity index (χ1v) is 8.11. The van der Waals surface area contributed by atoms with Crippen LogP contribution in [0.2, 0.25) is 5.02 Å². The number of benzene rings is 2. The van der Waals surface area contributed by atoms with Gasteiger partial charge in [-0.2, -0.15) is 0 Å². The van der Waals surface area contributed by atoms with E-state index in [1.807, 2.05) is 6.07 Å². The predicted molar refractivity (Wildman–Crippen MR) is 94.5 cm³/mol. The number of fused-ring (bicyclic) bond motifs is 1. The SMILES string of the molecule is CN(CCOc1cccc(Cl)c1)C(=O)c1ccc2c(c1)OCC(=O)N2. The number of halogens is 1. The van der Waals surface area contributed by atoms with E-state index in [1.54, 1.807) is 48.3 Å². The molecule has 7 heteroatoms. The van der Waals surface area contributed by atoms with Gasteiger partial charge in [0.25, 0.3) is 11.8 Å². The van der Waals surface area contributed by atoms with Crippen molar-refractivity contribution >= 4 is 29.1 Å². The Labute approximate surface area is 150 Å². The number of nitrogens with one attached hydrogen (secondary N) is 1. The lowest BCUT2D eigenvalue weighted by atomic mass is 10.1. The van der Waals surface area contributed by atoms with Gasteiger partial charge in [-0.05, 0) is 36.4 Å². The van der Waals surface area contributed by atoms with Gasteiger partial charge in [0.2, 0.25) is 0 Å². The molecule has 3 rings (SSSR count). The van der Waals surface area contributed by atoms with Crippen molar-refractivity contribution in [3.8, 4) is 11.5 Å². The lowest BCUT2D eigenvalue weighted by Gasteiger charge is -2.21. The summed E-state index contributed by atoms with van der Waals surface area (Å²) in [6.45, 7) is 0.716. The summed E-state index contributed by atoms with van der Waals surface area (Å²) in [4.78, 5) is 25.3. The topological polar surface area (TPSA) is 67.9 Å². The number of hydrogen-bond acceptors (Lipinski definition) is 4. The van der Waals surface area contributed by atoms with Crippen LogP contribution in [0.4, 0.5) is 5.69 Å². The Hall–Kier alpha value is -2.73. The minimum absolute atomic E-state index is 0.0477. The number of ether oxygens (including phenoxy) is 2. The third-order valence-corrected chi connectivity index (χ3v) is 3.93. The van der Waals surface area contributed by atoms with E-state index in [0.29, 0.717) is 40.9 Å². The molecule has 1 heterocycles. The van der Waals surface area contributed by atoms with Gasteiger partial charge >= 0.3 is 0 Å². The second-order valence-electron chi connectivity index (χ2n) is 5.58. The molecule has 0 atom stereocenters. The summed E-state index contributed by atoms with van der Waals surface area (Å²) < 4.78 is 10.9. The number of rotatable bonds is 5. The zero-order valence-electron chi connectivity index (χ0n) is 13.6. The average Bonchev–Trinajstić information content (AvgIpc) is 2.60. The molecule has 0 bridgehead atoms. The highest BCUT2D eigenvalue weighted by Crippen LogP contribution is 2.28. The van der Waals surface area contributed by atoms with E-state index in [0.717, 1.165) is 0 Å². The molecule has 0 aromatic heterocycles. The maximum atomic E-state index is 12.5. The Morgan fingerprint density at radius 2 is 2.16 bits per heavy atom. The number of carbonyl (C=O) groups is 2. The van der Waals surface area contributed by atoms with Crippen molar-refractivity contribution in [1.82, 2.24) is 4.90 Å². The molecule has 2 amide bonds. The van der Waals surface area contributed by atoms with Crippen molar-refractivity contribution in [2.75, 3.05) is 32.1 Å². The average molecular weight is 361 g/mol. The van der Waals surface area contributed by atoms with Crippen LogP contribution >= 0.6 is 11.6 Å². The second kappa shape index (κ2) is 7.44. The van der Waals surface area contributed by atoms with Gasteiger partial charge in [0.05, 0.1) is 12.2 Å². The minimum Gasteiger partial charge on any atom is -0.492 e. The van der Waals surface area contributed by atoms with Gasteiger partial charge in [-0.3, -0.25) is 9.59 Å². The molecule has 0 saturated carbocycles. The molecule has 0 unspecified atom stereocenters. The van der Waals surface area contributed by atoms with E-state index in [9.17, 15) is 9.59 Å². The predicted octanol–water partition coefficient (Wildman–Crippen LogP) is 2.82. The smallest absolute Gasteiger partial charge is 0.262 e. The molecule has 0 aliphatic carbocycles. The summed E-state index contributed by atoms with van der Waals surface area (Å²) in [5.74, 6) is 0.792. The summed E-state index contributed by atoms with van der Waals surface area (Å²) >= 11 is 5.90. The molecule has 2 aromatic carbocycles. The minimum atomic E-state index is -0.207. The third-order valence-electron chi connectivity index (χ3n) is 3.70. The van der Waals surface area contributed by atoms with Gasteiger partial charge in [0, 0.05) is 17.6 Å². The van der Waals surface area contributed by atoms with Gasteiger partial charge in [-0.15, -0.1) is 0 Å². The zero-order chi connectivity index (χ0) is 17.8. The van der Waals surface area contributed by atoms with E-state index >= 15 is 0 Å². The van der Waals surface area contributed by atoms with Gasteiger partial charge < -0.3 is 19.7 Å². The van der Waals surface area contributed by atoms with E-state index < -0.39 is 0 Å². The Kier molecular flexibility index (Phi) is 5.09. The zero-order valence-corrected chi connectivity index (χ0v) is 14.4. The van der Waals surface area contributed by atoms with Crippen LogP contribution in [0.1, 0.15) is 10.4 Å². The summed E-state index contributed by atoms with van der Waals surface area (Å²) in [6.07, 6.45) is 0. The number of hydrogen-bond donors (Lipinski definition) is 1. The summed E-state index contributed by atoms with van der Waals surface area (Å²) in [5.41, 5.74) is 1.06. The Bertz CT molecular complexity index is 809.